The summed E-state index contributed by atoms with van der Waals surface area (Å²) in [5.41, 5.74) is 1.59. The summed E-state index contributed by atoms with van der Waals surface area (Å²) in [6.07, 6.45) is 11.9. The standard InChI is InChI=1S/C44H50F2N12O6S/c1-4-56(3)65(63,64)54-35-8-6-33(45)39(40(35)46)41(61)32-24-49-42-31(32)19-27(20-48-42)28-21-50-44(51-22-28)58-17-13-30(14-18-58)55(2)25-38(60)57-15-11-26(12-16-57)34-7-5-29(23-47-34)52-36-9-10-37(59)53-43(36)62/h5-8,19-24,26,30,36,52,54H,4,9-18,25H2,1-3H3,(H,48,49)(H,53,59,62). The number of ketones is 1. The Morgan fingerprint density at radius 3 is 2.29 bits per heavy atom. The van der Waals surface area contributed by atoms with Crippen LogP contribution in [0.4, 0.5) is 26.1 Å². The van der Waals surface area contributed by atoms with Gasteiger partial charge in [-0.05, 0) is 69.5 Å². The summed E-state index contributed by atoms with van der Waals surface area (Å²) in [6.45, 7) is 4.69. The number of pyridine rings is 2. The Morgan fingerprint density at radius 1 is 0.892 bits per heavy atom. The average molecular weight is 913 g/mol. The van der Waals surface area contributed by atoms with Gasteiger partial charge in [0.2, 0.25) is 29.5 Å². The van der Waals surface area contributed by atoms with Crippen molar-refractivity contribution in [1.82, 2.24) is 44.3 Å². The number of halogens is 2. The maximum Gasteiger partial charge on any atom is 0.301 e. The molecule has 1 aromatic carbocycles. The molecule has 3 aliphatic rings. The molecule has 0 bridgehead atoms. The fourth-order valence-corrected chi connectivity index (χ4v) is 9.41. The molecule has 1 atom stereocenters. The lowest BCUT2D eigenvalue weighted by atomic mass is 9.93. The van der Waals surface area contributed by atoms with Crippen LogP contribution < -0.4 is 20.3 Å². The second kappa shape index (κ2) is 18.9. The number of rotatable bonds is 14. The van der Waals surface area contributed by atoms with Gasteiger partial charge < -0.3 is 20.1 Å². The summed E-state index contributed by atoms with van der Waals surface area (Å²) in [5, 5.41) is 5.80. The number of hydrogen-bond donors (Lipinski definition) is 4. The third kappa shape index (κ3) is 9.81. The van der Waals surface area contributed by atoms with Crippen molar-refractivity contribution in [1.29, 1.82) is 0 Å². The maximum absolute atomic E-state index is 15.6. The van der Waals surface area contributed by atoms with E-state index in [4.69, 9.17) is 0 Å². The highest BCUT2D eigenvalue weighted by molar-refractivity contribution is 7.90. The number of fused-ring (bicyclic) bond motifs is 1. The van der Waals surface area contributed by atoms with E-state index in [1.165, 1.54) is 13.2 Å². The van der Waals surface area contributed by atoms with Gasteiger partial charge in [0, 0.05) is 111 Å². The normalized spacial score (nSPS) is 17.8. The Kier molecular flexibility index (Phi) is 13.2. The van der Waals surface area contributed by atoms with Crippen molar-refractivity contribution < 1.29 is 36.4 Å². The van der Waals surface area contributed by atoms with Crippen molar-refractivity contribution in [3.63, 3.8) is 0 Å². The van der Waals surface area contributed by atoms with Gasteiger partial charge in [0.25, 0.3) is 0 Å². The lowest BCUT2D eigenvalue weighted by Gasteiger charge is -2.38. The molecule has 1 unspecified atom stereocenters. The van der Waals surface area contributed by atoms with Gasteiger partial charge in [0.05, 0.1) is 29.7 Å². The maximum atomic E-state index is 15.6. The second-order valence-corrected chi connectivity index (χ2v) is 18.4. The summed E-state index contributed by atoms with van der Waals surface area (Å²) < 4.78 is 58.8. The molecule has 18 nitrogen and oxygen atoms in total. The highest BCUT2D eigenvalue weighted by atomic mass is 32.2. The molecule has 3 amide bonds. The number of piperidine rings is 3. The van der Waals surface area contributed by atoms with E-state index in [0.717, 1.165) is 53.5 Å². The number of nitrogens with one attached hydrogen (secondary N) is 4. The molecular formula is C44H50F2N12O6S. The topological polar surface area (TPSA) is 219 Å². The van der Waals surface area contributed by atoms with Crippen molar-refractivity contribution in [2.75, 3.05) is 68.3 Å². The molecule has 4 N–H and O–H groups in total. The number of carbonyl (C=O) groups excluding carboxylic acids is 4. The van der Waals surface area contributed by atoms with Crippen molar-refractivity contribution in [3.8, 4) is 11.1 Å². The summed E-state index contributed by atoms with van der Waals surface area (Å²) in [5.74, 6) is -3.21. The first-order valence-corrected chi connectivity index (χ1v) is 23.0. The highest BCUT2D eigenvalue weighted by Gasteiger charge is 2.31. The number of aromatic amines is 1. The van der Waals surface area contributed by atoms with E-state index < -0.39 is 44.9 Å². The van der Waals surface area contributed by atoms with Gasteiger partial charge in [0.1, 0.15) is 17.5 Å². The lowest BCUT2D eigenvalue weighted by Crippen LogP contribution is -2.48. The zero-order valence-electron chi connectivity index (χ0n) is 36.2. The van der Waals surface area contributed by atoms with Crippen molar-refractivity contribution in [2.45, 2.75) is 63.5 Å². The second-order valence-electron chi connectivity index (χ2n) is 16.6. The van der Waals surface area contributed by atoms with Crippen LogP contribution in [0.1, 0.15) is 73.0 Å². The van der Waals surface area contributed by atoms with E-state index in [1.54, 1.807) is 37.8 Å². The molecule has 0 radical (unpaired) electrons. The van der Waals surface area contributed by atoms with Crippen LogP contribution >= 0.6 is 0 Å². The molecule has 8 rings (SSSR count). The molecule has 0 spiro atoms. The molecule has 21 heteroatoms. The van der Waals surface area contributed by atoms with E-state index in [1.807, 2.05) is 24.1 Å². The Hall–Kier alpha value is -6.45. The third-order valence-electron chi connectivity index (χ3n) is 12.5. The number of aromatic nitrogens is 5. The number of likely N-dealkylation sites (N-methyl/N-ethyl adjacent to an activating group) is 1. The van der Waals surface area contributed by atoms with Crippen LogP contribution in [0.2, 0.25) is 0 Å². The van der Waals surface area contributed by atoms with Gasteiger partial charge >= 0.3 is 10.2 Å². The van der Waals surface area contributed by atoms with Crippen LogP contribution in [-0.4, -0.2) is 136 Å². The zero-order valence-corrected chi connectivity index (χ0v) is 37.0. The SMILES string of the molecule is CCN(C)S(=O)(=O)Nc1ccc(F)c(C(=O)c2c[nH]c3ncc(-c4cnc(N5CCC(N(C)CC(=O)N6CCC(c7ccc(NC8CCC(=O)NC8=O)cn7)CC6)CC5)nc4)cc23)c1F. The zero-order chi connectivity index (χ0) is 46.0. The number of benzene rings is 1. The predicted octanol–water partition coefficient (Wildman–Crippen LogP) is 4.06. The van der Waals surface area contributed by atoms with E-state index in [9.17, 15) is 27.6 Å². The Morgan fingerprint density at radius 2 is 1.62 bits per heavy atom. The number of carbonyl (C=O) groups is 4. The molecule has 65 heavy (non-hydrogen) atoms. The van der Waals surface area contributed by atoms with Crippen LogP contribution in [0.25, 0.3) is 22.2 Å². The smallest absolute Gasteiger partial charge is 0.301 e. The van der Waals surface area contributed by atoms with Crippen LogP contribution in [-0.2, 0) is 24.6 Å². The first-order valence-electron chi connectivity index (χ1n) is 21.5. The number of imide groups is 1. The summed E-state index contributed by atoms with van der Waals surface area (Å²) in [4.78, 5) is 77.9. The largest absolute Gasteiger partial charge is 0.372 e. The molecule has 4 aromatic heterocycles. The summed E-state index contributed by atoms with van der Waals surface area (Å²) >= 11 is 0. The van der Waals surface area contributed by atoms with Gasteiger partial charge in [-0.3, -0.25) is 39.1 Å². The third-order valence-corrected chi connectivity index (χ3v) is 14.1. The molecule has 3 fully saturated rings. The monoisotopic (exact) mass is 912 g/mol. The lowest BCUT2D eigenvalue weighted by molar-refractivity contribution is -0.134. The summed E-state index contributed by atoms with van der Waals surface area (Å²) in [7, 11) is -0.871. The Balaban J connectivity index is 0.826. The molecular weight excluding hydrogens is 863 g/mol. The molecule has 7 heterocycles. The molecule has 3 saturated heterocycles. The minimum Gasteiger partial charge on any atom is -0.372 e. The average Bonchev–Trinajstić information content (AvgIpc) is 3.74. The molecule has 342 valence electrons. The molecule has 0 saturated carbocycles. The van der Waals surface area contributed by atoms with Crippen LogP contribution in [0.15, 0.2) is 61.3 Å². The number of anilines is 3. The number of H-pyrrole nitrogens is 1. The number of amides is 3. The van der Waals surface area contributed by atoms with Gasteiger partial charge in [-0.1, -0.05) is 6.92 Å². The van der Waals surface area contributed by atoms with Gasteiger partial charge in [-0.2, -0.15) is 12.7 Å². The quantitative estimate of drug-likeness (QED) is 0.0915. The first-order chi connectivity index (χ1) is 31.2. The van der Waals surface area contributed by atoms with Gasteiger partial charge in [0.15, 0.2) is 5.82 Å². The van der Waals surface area contributed by atoms with Crippen molar-refractivity contribution in [3.05, 3.63) is 89.8 Å². The van der Waals surface area contributed by atoms with Gasteiger partial charge in [-0.25, -0.2) is 23.7 Å². The van der Waals surface area contributed by atoms with Crippen molar-refractivity contribution in [2.24, 2.45) is 0 Å². The Bertz CT molecular complexity index is 2710. The fourth-order valence-electron chi connectivity index (χ4n) is 8.48. The van der Waals surface area contributed by atoms with Crippen LogP contribution in [0.5, 0.6) is 0 Å². The minimum absolute atomic E-state index is 0.0608. The number of nitrogens with zero attached hydrogens (tertiary/aromatic N) is 8. The molecule has 0 aliphatic carbocycles. The predicted molar refractivity (Wildman–Crippen MR) is 238 cm³/mol. The van der Waals surface area contributed by atoms with Gasteiger partial charge in [-0.15, -0.1) is 0 Å². The molecule has 5 aromatic rings. The Labute approximate surface area is 374 Å². The minimum atomic E-state index is -4.15. The van der Waals surface area contributed by atoms with E-state index in [2.05, 4.69) is 50.1 Å². The highest BCUT2D eigenvalue weighted by Crippen LogP contribution is 2.31. The number of likely N-dealkylation sites (tertiary alicyclic amines) is 1. The van der Waals surface area contributed by atoms with E-state index >= 15 is 8.78 Å². The first kappa shape index (κ1) is 45.1. The van der Waals surface area contributed by atoms with Crippen molar-refractivity contribution >= 4 is 62.1 Å². The summed E-state index contributed by atoms with van der Waals surface area (Å²) in [6, 6.07) is 7.01. The van der Waals surface area contributed by atoms with E-state index in [0.29, 0.717) is 73.7 Å². The fraction of sp³-hybridized carbons (Fsp3) is 0.409. The van der Waals surface area contributed by atoms with Crippen LogP contribution in [0.3, 0.4) is 0 Å². The number of hydrogen-bond acceptors (Lipinski definition) is 13. The van der Waals surface area contributed by atoms with E-state index in [-0.39, 0.29) is 41.8 Å². The van der Waals surface area contributed by atoms with Crippen LogP contribution in [0, 0.1) is 11.6 Å². The molecule has 3 aliphatic heterocycles.